The third-order valence-corrected chi connectivity index (χ3v) is 1.64. The van der Waals surface area contributed by atoms with E-state index in [-0.39, 0.29) is 12.4 Å². The molecule has 0 aromatic carbocycles. The van der Waals surface area contributed by atoms with E-state index in [2.05, 4.69) is 4.98 Å². The standard InChI is InChI=1S/C8H11N5O4.ClH/c9-12-7(14)16-6(17-8(15)13-10)5-1-3-11-4-2-5;/h1-4,6H,9-10H2,(H,12,14)(H,13,15);1H. The summed E-state index contributed by atoms with van der Waals surface area (Å²) >= 11 is 0. The summed E-state index contributed by atoms with van der Waals surface area (Å²) in [5.41, 5.74) is 3.87. The molecule has 1 rings (SSSR count). The van der Waals surface area contributed by atoms with Gasteiger partial charge in [0.05, 0.1) is 0 Å². The molecule has 0 aliphatic rings. The monoisotopic (exact) mass is 277 g/mol. The largest absolute Gasteiger partial charge is 0.424 e. The molecule has 0 fully saturated rings. The van der Waals surface area contributed by atoms with Crippen LogP contribution in [0.1, 0.15) is 11.9 Å². The van der Waals surface area contributed by atoms with Crippen molar-refractivity contribution in [2.45, 2.75) is 6.29 Å². The highest BCUT2D eigenvalue weighted by molar-refractivity contribution is 5.85. The van der Waals surface area contributed by atoms with Crippen LogP contribution in [0.4, 0.5) is 9.59 Å². The van der Waals surface area contributed by atoms with Crippen LogP contribution in [0.25, 0.3) is 0 Å². The zero-order valence-electron chi connectivity index (χ0n) is 9.03. The average Bonchev–Trinajstić information content (AvgIpc) is 2.38. The molecule has 2 amide bonds. The molecule has 6 N–H and O–H groups in total. The Bertz CT molecular complexity index is 372. The number of rotatable bonds is 3. The van der Waals surface area contributed by atoms with Gasteiger partial charge in [0.1, 0.15) is 0 Å². The van der Waals surface area contributed by atoms with Gasteiger partial charge in [-0.05, 0) is 12.1 Å². The molecule has 9 nitrogen and oxygen atoms in total. The minimum Gasteiger partial charge on any atom is -0.403 e. The van der Waals surface area contributed by atoms with Gasteiger partial charge in [0.2, 0.25) is 0 Å². The molecule has 18 heavy (non-hydrogen) atoms. The van der Waals surface area contributed by atoms with Gasteiger partial charge < -0.3 is 9.47 Å². The number of nitrogens with one attached hydrogen (secondary N) is 2. The Morgan fingerprint density at radius 1 is 1.11 bits per heavy atom. The molecule has 0 aliphatic carbocycles. The number of hydrazine groups is 2. The molecular formula is C8H12ClN5O4. The maximum absolute atomic E-state index is 10.9. The number of amides is 2. The van der Waals surface area contributed by atoms with Crippen LogP contribution in [0.2, 0.25) is 0 Å². The minimum absolute atomic E-state index is 0. The molecule has 1 heterocycles. The number of ether oxygens (including phenoxy) is 2. The number of carbonyl (C=O) groups is 2. The maximum Gasteiger partial charge on any atom is 0.424 e. The first-order valence-electron chi connectivity index (χ1n) is 4.41. The van der Waals surface area contributed by atoms with Crippen LogP contribution in [0.5, 0.6) is 0 Å². The third-order valence-electron chi connectivity index (χ3n) is 1.64. The van der Waals surface area contributed by atoms with E-state index in [0.29, 0.717) is 5.56 Å². The molecular weight excluding hydrogens is 266 g/mol. The molecule has 0 unspecified atom stereocenters. The number of nitrogens with two attached hydrogens (primary N) is 2. The van der Waals surface area contributed by atoms with E-state index >= 15 is 0 Å². The van der Waals surface area contributed by atoms with Crippen LogP contribution >= 0.6 is 12.4 Å². The van der Waals surface area contributed by atoms with Gasteiger partial charge in [0, 0.05) is 18.0 Å². The van der Waals surface area contributed by atoms with Crippen LogP contribution in [-0.4, -0.2) is 17.2 Å². The number of aromatic nitrogens is 1. The summed E-state index contributed by atoms with van der Waals surface area (Å²) in [4.78, 5) is 25.7. The van der Waals surface area contributed by atoms with Gasteiger partial charge in [-0.3, -0.25) is 15.8 Å². The van der Waals surface area contributed by atoms with E-state index in [1.54, 1.807) is 10.9 Å². The van der Waals surface area contributed by atoms with E-state index < -0.39 is 18.5 Å². The van der Waals surface area contributed by atoms with Crippen LogP contribution in [0.15, 0.2) is 24.5 Å². The van der Waals surface area contributed by atoms with Crippen LogP contribution in [0.3, 0.4) is 0 Å². The lowest BCUT2D eigenvalue weighted by atomic mass is 10.2. The second-order valence-corrected chi connectivity index (χ2v) is 2.71. The van der Waals surface area contributed by atoms with Gasteiger partial charge in [-0.1, -0.05) is 0 Å². The van der Waals surface area contributed by atoms with Crippen molar-refractivity contribution in [2.75, 3.05) is 0 Å². The maximum atomic E-state index is 10.9. The molecule has 1 aromatic heterocycles. The number of hydrogen-bond acceptors (Lipinski definition) is 7. The van der Waals surface area contributed by atoms with Crippen molar-refractivity contribution >= 4 is 24.6 Å². The zero-order chi connectivity index (χ0) is 12.7. The fraction of sp³-hybridized carbons (Fsp3) is 0.125. The van der Waals surface area contributed by atoms with Crippen molar-refractivity contribution in [1.82, 2.24) is 15.8 Å². The average molecular weight is 278 g/mol. The summed E-state index contributed by atoms with van der Waals surface area (Å²) in [5, 5.41) is 0. The number of halogens is 1. The zero-order valence-corrected chi connectivity index (χ0v) is 9.85. The predicted octanol–water partition coefficient (Wildman–Crippen LogP) is -0.298. The molecule has 0 aliphatic heterocycles. The van der Waals surface area contributed by atoms with Gasteiger partial charge in [0.25, 0.3) is 6.29 Å². The summed E-state index contributed by atoms with van der Waals surface area (Å²) in [5.74, 6) is 9.69. The Morgan fingerprint density at radius 2 is 1.56 bits per heavy atom. The van der Waals surface area contributed by atoms with Crippen molar-refractivity contribution in [1.29, 1.82) is 0 Å². The Labute approximate surface area is 108 Å². The third kappa shape index (κ3) is 4.82. The van der Waals surface area contributed by atoms with Crippen LogP contribution in [-0.2, 0) is 9.47 Å². The van der Waals surface area contributed by atoms with Crippen molar-refractivity contribution in [3.05, 3.63) is 30.1 Å². The summed E-state index contributed by atoms with van der Waals surface area (Å²) in [7, 11) is 0. The quantitative estimate of drug-likeness (QED) is 0.257. The lowest BCUT2D eigenvalue weighted by molar-refractivity contribution is -0.0639. The van der Waals surface area contributed by atoms with E-state index in [1.165, 1.54) is 24.5 Å². The fourth-order valence-corrected chi connectivity index (χ4v) is 0.943. The Kier molecular flexibility index (Phi) is 7.12. The molecule has 1 aromatic rings. The molecule has 100 valence electrons. The van der Waals surface area contributed by atoms with E-state index in [9.17, 15) is 9.59 Å². The number of nitrogens with zero attached hydrogens (tertiary/aromatic N) is 1. The van der Waals surface area contributed by atoms with Crippen LogP contribution in [0, 0.1) is 0 Å². The fourth-order valence-electron chi connectivity index (χ4n) is 0.943. The van der Waals surface area contributed by atoms with Gasteiger partial charge >= 0.3 is 12.2 Å². The topological polar surface area (TPSA) is 142 Å². The molecule has 0 saturated carbocycles. The Hall–Kier alpha value is -2.10. The summed E-state index contributed by atoms with van der Waals surface area (Å²) < 4.78 is 9.43. The summed E-state index contributed by atoms with van der Waals surface area (Å²) in [6.07, 6.45) is -0.315. The second kappa shape index (κ2) is 8.06. The number of pyridine rings is 1. The first-order valence-corrected chi connectivity index (χ1v) is 4.41. The summed E-state index contributed by atoms with van der Waals surface area (Å²) in [6, 6.07) is 3.00. The molecule has 0 spiro atoms. The van der Waals surface area contributed by atoms with Crippen molar-refractivity contribution in [3.63, 3.8) is 0 Å². The van der Waals surface area contributed by atoms with E-state index in [4.69, 9.17) is 21.2 Å². The smallest absolute Gasteiger partial charge is 0.403 e. The Morgan fingerprint density at radius 3 is 1.94 bits per heavy atom. The highest BCUT2D eigenvalue weighted by Gasteiger charge is 2.20. The molecule has 10 heteroatoms. The number of carbonyl (C=O) groups excluding carboxylic acids is 2. The lowest BCUT2D eigenvalue weighted by Crippen LogP contribution is -2.36. The second-order valence-electron chi connectivity index (χ2n) is 2.71. The van der Waals surface area contributed by atoms with Crippen molar-refractivity contribution in [2.24, 2.45) is 11.7 Å². The molecule has 0 bridgehead atoms. The normalized spacial score (nSPS) is 9.06. The first-order chi connectivity index (χ1) is 8.17. The highest BCUT2D eigenvalue weighted by atomic mass is 35.5. The van der Waals surface area contributed by atoms with Crippen molar-refractivity contribution < 1.29 is 19.1 Å². The Balaban J connectivity index is 0.00000289. The van der Waals surface area contributed by atoms with Gasteiger partial charge in [0.15, 0.2) is 0 Å². The molecule has 0 radical (unpaired) electrons. The van der Waals surface area contributed by atoms with E-state index in [0.717, 1.165) is 0 Å². The predicted molar refractivity (Wildman–Crippen MR) is 61.8 cm³/mol. The molecule has 0 saturated heterocycles. The van der Waals surface area contributed by atoms with Gasteiger partial charge in [-0.15, -0.1) is 12.4 Å². The molecule has 0 atom stereocenters. The van der Waals surface area contributed by atoms with Gasteiger partial charge in [-0.25, -0.2) is 21.3 Å². The summed E-state index contributed by atoms with van der Waals surface area (Å²) in [6.45, 7) is 0. The first kappa shape index (κ1) is 15.9. The minimum atomic E-state index is -1.27. The van der Waals surface area contributed by atoms with Crippen LogP contribution < -0.4 is 22.5 Å². The van der Waals surface area contributed by atoms with Crippen molar-refractivity contribution in [3.8, 4) is 0 Å². The van der Waals surface area contributed by atoms with E-state index in [1.807, 2.05) is 0 Å². The lowest BCUT2D eigenvalue weighted by Gasteiger charge is -2.17. The number of hydrogen-bond donors (Lipinski definition) is 4. The SMILES string of the molecule is Cl.NNC(=O)OC(OC(=O)NN)c1ccncc1. The highest BCUT2D eigenvalue weighted by Crippen LogP contribution is 2.18. The van der Waals surface area contributed by atoms with Gasteiger partial charge in [-0.2, -0.15) is 0 Å².